The summed E-state index contributed by atoms with van der Waals surface area (Å²) in [7, 11) is 3.85. The van der Waals surface area contributed by atoms with Crippen LogP contribution in [0, 0.1) is 0 Å². The highest BCUT2D eigenvalue weighted by molar-refractivity contribution is 6.16. The molecule has 1 aromatic carbocycles. The van der Waals surface area contributed by atoms with E-state index in [-0.39, 0.29) is 0 Å². The average Bonchev–Trinajstić information content (AvgIpc) is 2.84. The van der Waals surface area contributed by atoms with Crippen LogP contribution < -0.4 is 4.74 Å². The highest BCUT2D eigenvalue weighted by Crippen LogP contribution is 2.30. The normalized spacial score (nSPS) is 20.4. The van der Waals surface area contributed by atoms with Gasteiger partial charge in [-0.1, -0.05) is 0 Å². The number of methoxy groups -OCH3 is 1. The lowest BCUT2D eigenvalue weighted by Crippen LogP contribution is -2.34. The second-order valence-corrected chi connectivity index (χ2v) is 5.71. The van der Waals surface area contributed by atoms with E-state index in [0.717, 1.165) is 29.2 Å². The Balaban J connectivity index is 2.07. The number of fused-ring (bicyclic) bond motifs is 1. The van der Waals surface area contributed by atoms with Crippen LogP contribution in [-0.2, 0) is 5.88 Å². The molecule has 108 valence electrons. The summed E-state index contributed by atoms with van der Waals surface area (Å²) >= 11 is 6.10. The van der Waals surface area contributed by atoms with E-state index >= 15 is 0 Å². The van der Waals surface area contributed by atoms with E-state index in [0.29, 0.717) is 11.9 Å². The molecule has 1 aliphatic heterocycles. The fraction of sp³-hybridized carbons (Fsp3) is 0.533. The molecule has 0 amide bonds. The Hall–Kier alpha value is -1.26. The predicted molar refractivity (Wildman–Crippen MR) is 81.6 cm³/mol. The lowest BCUT2D eigenvalue weighted by molar-refractivity contribution is 0.213. The van der Waals surface area contributed by atoms with Gasteiger partial charge in [0.25, 0.3) is 0 Å². The Labute approximate surface area is 124 Å². The third-order valence-corrected chi connectivity index (χ3v) is 4.29. The lowest BCUT2D eigenvalue weighted by Gasteiger charge is -2.31. The number of piperidine rings is 1. The predicted octanol–water partition coefficient (Wildman–Crippen LogP) is 3.05. The first-order chi connectivity index (χ1) is 9.72. The van der Waals surface area contributed by atoms with Gasteiger partial charge in [-0.25, -0.2) is 4.98 Å². The van der Waals surface area contributed by atoms with Crippen LogP contribution in [0.15, 0.2) is 18.2 Å². The summed E-state index contributed by atoms with van der Waals surface area (Å²) in [4.78, 5) is 7.05. The number of halogens is 1. The quantitative estimate of drug-likeness (QED) is 0.815. The van der Waals surface area contributed by atoms with Gasteiger partial charge in [0.2, 0.25) is 0 Å². The zero-order valence-corrected chi connectivity index (χ0v) is 12.7. The average molecular weight is 294 g/mol. The molecule has 0 saturated carbocycles. The molecule has 1 atom stereocenters. The lowest BCUT2D eigenvalue weighted by atomic mass is 10.1. The third-order valence-electron chi connectivity index (χ3n) is 4.05. The third kappa shape index (κ3) is 2.38. The van der Waals surface area contributed by atoms with Crippen LogP contribution in [0.4, 0.5) is 0 Å². The van der Waals surface area contributed by atoms with Gasteiger partial charge in [0.05, 0.1) is 24.0 Å². The van der Waals surface area contributed by atoms with Crippen LogP contribution in [-0.4, -0.2) is 41.7 Å². The smallest absolute Gasteiger partial charge is 0.125 e. The molecule has 0 N–H and O–H groups in total. The zero-order chi connectivity index (χ0) is 14.1. The molecule has 0 aliphatic carbocycles. The van der Waals surface area contributed by atoms with Gasteiger partial charge in [-0.2, -0.15) is 0 Å². The maximum atomic E-state index is 6.10. The Morgan fingerprint density at radius 3 is 3.00 bits per heavy atom. The SMILES string of the molecule is COc1ccc2c(c1)nc(CCl)n2C1CCCN(C)C1. The fourth-order valence-corrected chi connectivity index (χ4v) is 3.30. The van der Waals surface area contributed by atoms with E-state index in [1.807, 2.05) is 12.1 Å². The van der Waals surface area contributed by atoms with E-state index in [9.17, 15) is 0 Å². The van der Waals surface area contributed by atoms with Crippen LogP contribution in [0.25, 0.3) is 11.0 Å². The largest absolute Gasteiger partial charge is 0.497 e. The number of aromatic nitrogens is 2. The molecule has 20 heavy (non-hydrogen) atoms. The van der Waals surface area contributed by atoms with Crippen molar-refractivity contribution in [2.75, 3.05) is 27.2 Å². The molecule has 0 radical (unpaired) electrons. The number of rotatable bonds is 3. The van der Waals surface area contributed by atoms with Crippen molar-refractivity contribution in [1.82, 2.24) is 14.5 Å². The number of hydrogen-bond donors (Lipinski definition) is 0. The molecular formula is C15H20ClN3O. The minimum absolute atomic E-state index is 0.442. The van der Waals surface area contributed by atoms with Gasteiger partial charge in [-0.3, -0.25) is 0 Å². The van der Waals surface area contributed by atoms with Crippen LogP contribution in [0.1, 0.15) is 24.7 Å². The number of alkyl halides is 1. The number of likely N-dealkylation sites (tertiary alicyclic amines) is 1. The molecule has 1 unspecified atom stereocenters. The monoisotopic (exact) mass is 293 g/mol. The van der Waals surface area contributed by atoms with Gasteiger partial charge in [-0.05, 0) is 38.6 Å². The first-order valence-corrected chi connectivity index (χ1v) is 7.55. The fourth-order valence-electron chi connectivity index (χ4n) is 3.11. The van der Waals surface area contributed by atoms with Crippen molar-refractivity contribution in [3.63, 3.8) is 0 Å². The highest BCUT2D eigenvalue weighted by Gasteiger charge is 2.23. The van der Waals surface area contributed by atoms with Crippen molar-refractivity contribution in [3.8, 4) is 5.75 Å². The maximum absolute atomic E-state index is 6.10. The summed E-state index contributed by atoms with van der Waals surface area (Å²) in [5.74, 6) is 2.23. The first kappa shape index (κ1) is 13.7. The van der Waals surface area contributed by atoms with Crippen molar-refractivity contribution in [1.29, 1.82) is 0 Å². The zero-order valence-electron chi connectivity index (χ0n) is 12.0. The van der Waals surface area contributed by atoms with Crippen LogP contribution in [0.3, 0.4) is 0 Å². The second kappa shape index (κ2) is 5.62. The van der Waals surface area contributed by atoms with Gasteiger partial charge >= 0.3 is 0 Å². The number of hydrogen-bond acceptors (Lipinski definition) is 3. The van der Waals surface area contributed by atoms with E-state index in [1.165, 1.54) is 19.4 Å². The molecule has 5 heteroatoms. The number of nitrogens with zero attached hydrogens (tertiary/aromatic N) is 3. The van der Waals surface area contributed by atoms with Crippen molar-refractivity contribution < 1.29 is 4.74 Å². The Kier molecular flexibility index (Phi) is 3.85. The summed E-state index contributed by atoms with van der Waals surface area (Å²) in [5.41, 5.74) is 2.12. The Morgan fingerprint density at radius 1 is 1.45 bits per heavy atom. The van der Waals surface area contributed by atoms with Crippen LogP contribution in [0.5, 0.6) is 5.75 Å². The molecule has 1 aromatic heterocycles. The summed E-state index contributed by atoms with van der Waals surface area (Å²) in [6, 6.07) is 6.52. The number of benzene rings is 1. The molecule has 4 nitrogen and oxygen atoms in total. The minimum atomic E-state index is 0.442. The summed E-state index contributed by atoms with van der Waals surface area (Å²) in [5, 5.41) is 0. The maximum Gasteiger partial charge on any atom is 0.125 e. The summed E-state index contributed by atoms with van der Waals surface area (Å²) in [6.07, 6.45) is 2.41. The van der Waals surface area contributed by atoms with Gasteiger partial charge in [0.1, 0.15) is 11.6 Å². The number of imidazole rings is 1. The summed E-state index contributed by atoms with van der Waals surface area (Å²) < 4.78 is 7.59. The molecular weight excluding hydrogens is 274 g/mol. The molecule has 1 saturated heterocycles. The highest BCUT2D eigenvalue weighted by atomic mass is 35.5. The van der Waals surface area contributed by atoms with Crippen molar-refractivity contribution in [2.24, 2.45) is 0 Å². The molecule has 3 rings (SSSR count). The molecule has 0 spiro atoms. The summed E-state index contributed by atoms with van der Waals surface area (Å²) in [6.45, 7) is 2.23. The molecule has 0 bridgehead atoms. The molecule has 2 heterocycles. The molecule has 2 aromatic rings. The van der Waals surface area contributed by atoms with Crippen molar-refractivity contribution in [3.05, 3.63) is 24.0 Å². The number of likely N-dealkylation sites (N-methyl/N-ethyl adjacent to an activating group) is 1. The molecule has 1 fully saturated rings. The Bertz CT molecular complexity index is 610. The minimum Gasteiger partial charge on any atom is -0.497 e. The number of ether oxygens (including phenoxy) is 1. The second-order valence-electron chi connectivity index (χ2n) is 5.44. The standard InChI is InChI=1S/C15H20ClN3O/c1-18-7-3-4-11(10-18)19-14-6-5-12(20-2)8-13(14)17-15(19)9-16/h5-6,8,11H,3-4,7,9-10H2,1-2H3. The Morgan fingerprint density at radius 2 is 2.30 bits per heavy atom. The topological polar surface area (TPSA) is 30.3 Å². The van der Waals surface area contributed by atoms with Crippen molar-refractivity contribution >= 4 is 22.6 Å². The van der Waals surface area contributed by atoms with Gasteiger partial charge in [-0.15, -0.1) is 11.6 Å². The molecule has 1 aliphatic rings. The van der Waals surface area contributed by atoms with E-state index < -0.39 is 0 Å². The van der Waals surface area contributed by atoms with E-state index in [2.05, 4.69) is 27.6 Å². The first-order valence-electron chi connectivity index (χ1n) is 7.02. The van der Waals surface area contributed by atoms with Gasteiger partial charge < -0.3 is 14.2 Å². The van der Waals surface area contributed by atoms with Crippen molar-refractivity contribution in [2.45, 2.75) is 24.8 Å². The van der Waals surface area contributed by atoms with Crippen LogP contribution in [0.2, 0.25) is 0 Å². The van der Waals surface area contributed by atoms with Crippen LogP contribution >= 0.6 is 11.6 Å². The van der Waals surface area contributed by atoms with Gasteiger partial charge in [0, 0.05) is 18.7 Å². The van der Waals surface area contributed by atoms with E-state index in [4.69, 9.17) is 16.3 Å². The van der Waals surface area contributed by atoms with E-state index in [1.54, 1.807) is 7.11 Å². The van der Waals surface area contributed by atoms with Gasteiger partial charge in [0.15, 0.2) is 0 Å².